The molecule has 0 aliphatic rings. The molecule has 0 aromatic carbocycles. The smallest absolute Gasteiger partial charge is 0.412 e. The molecule has 0 bridgehead atoms. The summed E-state index contributed by atoms with van der Waals surface area (Å²) in [6.45, 7) is 0. The fourth-order valence-electron chi connectivity index (χ4n) is 0.541. The van der Waals surface area contributed by atoms with Crippen molar-refractivity contribution in [2.45, 2.75) is 29.2 Å². The summed E-state index contributed by atoms with van der Waals surface area (Å²) in [4.78, 5) is 10.4. The summed E-state index contributed by atoms with van der Waals surface area (Å²) in [6.07, 6.45) is -17.8. The summed E-state index contributed by atoms with van der Waals surface area (Å²) in [7, 11) is 0. The second-order valence-corrected chi connectivity index (χ2v) is 4.00. The van der Waals surface area contributed by atoms with E-state index in [1.165, 1.54) is 0 Å². The number of alkyl halides is 11. The number of rotatable bonds is 3. The van der Waals surface area contributed by atoms with E-state index in [1.807, 2.05) is 0 Å². The summed E-state index contributed by atoms with van der Waals surface area (Å²) in [5.41, 5.74) is 0. The first kappa shape index (κ1) is 18.2. The first-order chi connectivity index (χ1) is 8.07. The van der Waals surface area contributed by atoms with Crippen LogP contribution < -0.4 is 0 Å². The van der Waals surface area contributed by atoms with E-state index in [1.54, 1.807) is 0 Å². The lowest BCUT2D eigenvalue weighted by Gasteiger charge is -2.29. The maximum atomic E-state index is 12.7. The zero-order valence-corrected chi connectivity index (χ0v) is 9.64. The molecule has 0 fully saturated rings. The minimum atomic E-state index is -6.56. The van der Waals surface area contributed by atoms with Gasteiger partial charge in [0.05, 0.1) is 0 Å². The molecule has 2 unspecified atom stereocenters. The number of halogens is 11. The number of hydrogen-bond acceptors (Lipinski definition) is 2. The molecule has 2 nitrogen and oxygen atoms in total. The lowest BCUT2D eigenvalue weighted by atomic mass is 10.3. The van der Waals surface area contributed by atoms with Crippen LogP contribution in [0.2, 0.25) is 0 Å². The number of carbonyl (C=O) groups is 1. The third-order valence-corrected chi connectivity index (χ3v) is 2.29. The fraction of sp³-hybridized carbons (Fsp3) is 0.833. The van der Waals surface area contributed by atoms with Crippen molar-refractivity contribution in [3.8, 4) is 0 Å². The maximum absolute atomic E-state index is 12.7. The highest BCUT2D eigenvalue weighted by Gasteiger charge is 2.71. The standard InChI is InChI=1S/C6HBrF10O2/c7-3(10,5(12,13)14)2(18)19-4(11,1(8)9)6(15,16)17/h1H. The normalized spacial score (nSPS) is 19.8. The molecule has 0 saturated carbocycles. The van der Waals surface area contributed by atoms with Crippen LogP contribution in [0.15, 0.2) is 0 Å². The van der Waals surface area contributed by atoms with Crippen molar-refractivity contribution in [1.29, 1.82) is 0 Å². The van der Waals surface area contributed by atoms with E-state index in [0.717, 1.165) is 15.9 Å². The molecule has 0 radical (unpaired) electrons. The SMILES string of the molecule is O=C(OC(F)(C(F)F)C(F)(F)F)C(F)(Br)C(F)(F)F. The van der Waals surface area contributed by atoms with Gasteiger partial charge in [-0.1, -0.05) is 0 Å². The Morgan fingerprint density at radius 2 is 1.26 bits per heavy atom. The Morgan fingerprint density at radius 1 is 0.895 bits per heavy atom. The second-order valence-electron chi connectivity index (χ2n) is 2.91. The molecule has 0 heterocycles. The van der Waals surface area contributed by atoms with Crippen LogP contribution in [-0.4, -0.2) is 35.2 Å². The van der Waals surface area contributed by atoms with E-state index in [2.05, 4.69) is 4.74 Å². The lowest BCUT2D eigenvalue weighted by molar-refractivity contribution is -0.360. The third-order valence-electron chi connectivity index (χ3n) is 1.52. The number of carbonyl (C=O) groups excluding carboxylic acids is 1. The molecule has 0 spiro atoms. The van der Waals surface area contributed by atoms with Crippen molar-refractivity contribution in [3.63, 3.8) is 0 Å². The Labute approximate surface area is 105 Å². The first-order valence-electron chi connectivity index (χ1n) is 3.79. The van der Waals surface area contributed by atoms with Crippen LogP contribution in [0.25, 0.3) is 0 Å². The summed E-state index contributed by atoms with van der Waals surface area (Å²) < 4.78 is 117. The molecule has 2 atom stereocenters. The van der Waals surface area contributed by atoms with Gasteiger partial charge in [-0.3, -0.25) is 0 Å². The van der Waals surface area contributed by atoms with Crippen LogP contribution in [0.4, 0.5) is 43.9 Å². The van der Waals surface area contributed by atoms with Crippen LogP contribution in [0, 0.1) is 0 Å². The monoisotopic (exact) mass is 374 g/mol. The molecule has 0 saturated heterocycles. The number of ether oxygens (including phenoxy) is 1. The van der Waals surface area contributed by atoms with Crippen LogP contribution in [0.1, 0.15) is 0 Å². The third kappa shape index (κ3) is 3.42. The topological polar surface area (TPSA) is 26.3 Å². The van der Waals surface area contributed by atoms with Crippen molar-refractivity contribution in [2.24, 2.45) is 0 Å². The van der Waals surface area contributed by atoms with Crippen LogP contribution in [0.5, 0.6) is 0 Å². The average Bonchev–Trinajstić information content (AvgIpc) is 2.13. The van der Waals surface area contributed by atoms with Crippen LogP contribution >= 0.6 is 15.9 Å². The number of hydrogen-bond donors (Lipinski definition) is 0. The summed E-state index contributed by atoms with van der Waals surface area (Å²) in [5.74, 6) is -9.62. The lowest BCUT2D eigenvalue weighted by Crippen LogP contribution is -2.55. The molecule has 0 N–H and O–H groups in total. The van der Waals surface area contributed by atoms with E-state index >= 15 is 0 Å². The van der Waals surface area contributed by atoms with Crippen LogP contribution in [-0.2, 0) is 9.53 Å². The van der Waals surface area contributed by atoms with Gasteiger partial charge in [-0.25, -0.2) is 18.0 Å². The average molecular weight is 375 g/mol. The molecule has 0 aromatic heterocycles. The molecular formula is C6HBrF10O2. The molecular weight excluding hydrogens is 374 g/mol. The van der Waals surface area contributed by atoms with Crippen molar-refractivity contribution in [1.82, 2.24) is 0 Å². The van der Waals surface area contributed by atoms with Gasteiger partial charge in [0.1, 0.15) is 0 Å². The predicted molar refractivity (Wildman–Crippen MR) is 40.8 cm³/mol. The highest BCUT2D eigenvalue weighted by atomic mass is 79.9. The van der Waals surface area contributed by atoms with E-state index in [0.29, 0.717) is 0 Å². The molecule has 19 heavy (non-hydrogen) atoms. The summed E-state index contributed by atoms with van der Waals surface area (Å²) in [6, 6.07) is 0. The molecule has 13 heteroatoms. The molecule has 0 amide bonds. The molecule has 0 aliphatic carbocycles. The van der Waals surface area contributed by atoms with E-state index in [-0.39, 0.29) is 0 Å². The molecule has 0 aromatic rings. The van der Waals surface area contributed by atoms with Gasteiger partial charge in [-0.05, 0) is 15.9 Å². The Bertz CT molecular complexity index is 347. The Kier molecular flexibility index (Phi) is 4.78. The Hall–Kier alpha value is -0.750. The van der Waals surface area contributed by atoms with Crippen molar-refractivity contribution < 1.29 is 53.4 Å². The van der Waals surface area contributed by atoms with Gasteiger partial charge in [-0.2, -0.15) is 30.7 Å². The summed E-state index contributed by atoms with van der Waals surface area (Å²) in [5, 5.41) is 0. The Morgan fingerprint density at radius 3 is 1.47 bits per heavy atom. The van der Waals surface area contributed by atoms with Crippen LogP contribution in [0.3, 0.4) is 0 Å². The zero-order valence-electron chi connectivity index (χ0n) is 8.05. The summed E-state index contributed by atoms with van der Waals surface area (Å²) >= 11 is 0.991. The number of esters is 1. The molecule has 0 aliphatic heterocycles. The zero-order chi connectivity index (χ0) is 15.9. The van der Waals surface area contributed by atoms with Crippen molar-refractivity contribution in [3.05, 3.63) is 0 Å². The van der Waals surface area contributed by atoms with Gasteiger partial charge < -0.3 is 4.74 Å². The molecule has 0 rings (SSSR count). The highest BCUT2D eigenvalue weighted by Crippen LogP contribution is 2.45. The minimum Gasteiger partial charge on any atom is -0.412 e. The first-order valence-corrected chi connectivity index (χ1v) is 4.58. The predicted octanol–water partition coefficient (Wildman–Crippen LogP) is 3.65. The van der Waals surface area contributed by atoms with E-state index in [9.17, 15) is 48.7 Å². The largest absolute Gasteiger partial charge is 0.466 e. The highest BCUT2D eigenvalue weighted by molar-refractivity contribution is 9.10. The van der Waals surface area contributed by atoms with Gasteiger partial charge in [0.25, 0.3) is 0 Å². The maximum Gasteiger partial charge on any atom is 0.466 e. The Balaban J connectivity index is 5.39. The fourth-order valence-corrected chi connectivity index (χ4v) is 0.622. The van der Waals surface area contributed by atoms with Gasteiger partial charge in [0, 0.05) is 0 Å². The van der Waals surface area contributed by atoms with Crippen molar-refractivity contribution in [2.75, 3.05) is 0 Å². The van der Waals surface area contributed by atoms with E-state index in [4.69, 9.17) is 0 Å². The van der Waals surface area contributed by atoms with Crippen molar-refractivity contribution >= 4 is 21.9 Å². The van der Waals surface area contributed by atoms with E-state index < -0.39 is 35.2 Å². The van der Waals surface area contributed by atoms with Gasteiger partial charge in [-0.15, -0.1) is 0 Å². The second kappa shape index (κ2) is 4.98. The quantitative estimate of drug-likeness (QED) is 0.428. The van der Waals surface area contributed by atoms with Gasteiger partial charge >= 0.3 is 35.2 Å². The van der Waals surface area contributed by atoms with Gasteiger partial charge in [0.15, 0.2) is 0 Å². The molecule has 114 valence electrons. The van der Waals surface area contributed by atoms with Gasteiger partial charge in [0.2, 0.25) is 0 Å². The minimum absolute atomic E-state index is 0.991.